The van der Waals surface area contributed by atoms with Crippen LogP contribution in [0.5, 0.6) is 0 Å². The number of nitrogens with two attached hydrogens (primary N) is 1. The summed E-state index contributed by atoms with van der Waals surface area (Å²) in [5.41, 5.74) is 10.9. The maximum Gasteiger partial charge on any atom is 0.255 e. The number of amides is 1. The molecular weight excluding hydrogens is 422 g/mol. The number of benzene rings is 2. The molecule has 0 aliphatic carbocycles. The van der Waals surface area contributed by atoms with E-state index >= 15 is 0 Å². The molecule has 2 aromatic heterocycles. The number of carbonyl (C=O) groups excluding carboxylic acids is 1. The largest absolute Gasteiger partial charge is 0.397 e. The van der Waals surface area contributed by atoms with Gasteiger partial charge in [0.15, 0.2) is 11.0 Å². The van der Waals surface area contributed by atoms with Crippen LogP contribution < -0.4 is 15.6 Å². The van der Waals surface area contributed by atoms with Gasteiger partial charge in [0.05, 0.1) is 24.6 Å². The number of nitrogens with zero attached hydrogens (tertiary/aromatic N) is 2. The lowest BCUT2D eigenvalue weighted by molar-refractivity contribution is -0.670. The zero-order chi connectivity index (χ0) is 21.9. The molecule has 1 amide bonds. The summed E-state index contributed by atoms with van der Waals surface area (Å²) in [5, 5.41) is 5.00. The molecule has 164 valence electrons. The van der Waals surface area contributed by atoms with Crippen LogP contribution in [0.3, 0.4) is 0 Å². The number of aromatic amines is 1. The van der Waals surface area contributed by atoms with Gasteiger partial charge in [-0.05, 0) is 41.3 Å². The number of H-pyrrole nitrogens is 1. The molecule has 0 atom stereocenters. The number of fused-ring (bicyclic) bond motifs is 1. The number of nitrogens with one attached hydrogen (secondary N) is 2. The first-order valence-corrected chi connectivity index (χ1v) is 11.6. The monoisotopic (exact) mass is 448 g/mol. The minimum atomic E-state index is -0.184. The standard InChI is InChI=1S/C24H25N5O2S/c25-19-5-3-17(23-2-1-13-32-23)14-20(19)27-24(30)18-4-6-22-21(15-18)26-16-29(22)8-7-28-9-11-31-12-10-28/h1-6,13-16H,7-12,25H2,(H,27,30)/p+1. The number of ether oxygens (including phenoxy) is 1. The molecule has 1 aliphatic rings. The van der Waals surface area contributed by atoms with Gasteiger partial charge in [-0.3, -0.25) is 9.69 Å². The molecule has 1 saturated heterocycles. The molecule has 5 rings (SSSR count). The van der Waals surface area contributed by atoms with Crippen molar-refractivity contribution in [1.29, 1.82) is 0 Å². The number of morpholine rings is 1. The summed E-state index contributed by atoms with van der Waals surface area (Å²) in [6, 6.07) is 15.5. The van der Waals surface area contributed by atoms with Crippen molar-refractivity contribution in [2.24, 2.45) is 0 Å². The number of aromatic nitrogens is 2. The van der Waals surface area contributed by atoms with Crippen LogP contribution in [0.1, 0.15) is 10.4 Å². The Morgan fingerprint density at radius 1 is 1.19 bits per heavy atom. The fraction of sp³-hybridized carbons (Fsp3) is 0.250. The fourth-order valence-corrected chi connectivity index (χ4v) is 4.70. The van der Waals surface area contributed by atoms with Crippen LogP contribution >= 0.6 is 11.3 Å². The Morgan fingerprint density at radius 2 is 2.06 bits per heavy atom. The van der Waals surface area contributed by atoms with E-state index in [0.29, 0.717) is 16.9 Å². The predicted octanol–water partition coefficient (Wildman–Crippen LogP) is 3.35. The Hall–Kier alpha value is -3.20. The van der Waals surface area contributed by atoms with Gasteiger partial charge in [0.25, 0.3) is 5.91 Å². The van der Waals surface area contributed by atoms with Crippen LogP contribution in [0.4, 0.5) is 11.4 Å². The minimum absolute atomic E-state index is 0.184. The maximum absolute atomic E-state index is 12.9. The highest BCUT2D eigenvalue weighted by atomic mass is 32.1. The number of hydrogen-bond acceptors (Lipinski definition) is 5. The Morgan fingerprint density at radius 3 is 2.88 bits per heavy atom. The zero-order valence-corrected chi connectivity index (χ0v) is 18.5. The number of hydrogen-bond donors (Lipinski definition) is 3. The lowest BCUT2D eigenvalue weighted by Crippen LogP contribution is -2.44. The van der Waals surface area contributed by atoms with E-state index < -0.39 is 0 Å². The zero-order valence-electron chi connectivity index (χ0n) is 17.7. The second-order valence-electron chi connectivity index (χ2n) is 7.89. The summed E-state index contributed by atoms with van der Waals surface area (Å²) in [5.74, 6) is -0.184. The Labute approximate surface area is 190 Å². The fourth-order valence-electron chi connectivity index (χ4n) is 3.97. The van der Waals surface area contributed by atoms with Gasteiger partial charge in [-0.2, -0.15) is 0 Å². The SMILES string of the molecule is Nc1ccc(-c2cccs2)cc1NC(=O)c1ccc2c(c1)[nH]c[n+]2CCN1CCOCC1. The molecule has 0 spiro atoms. The number of rotatable bonds is 6. The summed E-state index contributed by atoms with van der Waals surface area (Å²) in [6.45, 7) is 5.42. The molecule has 1 aliphatic heterocycles. The van der Waals surface area contributed by atoms with Crippen molar-refractivity contribution in [2.75, 3.05) is 43.9 Å². The first-order chi connectivity index (χ1) is 15.7. The molecule has 8 heteroatoms. The second kappa shape index (κ2) is 9.12. The average Bonchev–Trinajstić information content (AvgIpc) is 3.50. The van der Waals surface area contributed by atoms with Gasteiger partial charge in [-0.1, -0.05) is 12.1 Å². The lowest BCUT2D eigenvalue weighted by atomic mass is 10.1. The van der Waals surface area contributed by atoms with Crippen LogP contribution in [-0.2, 0) is 11.3 Å². The van der Waals surface area contributed by atoms with Crippen molar-refractivity contribution in [2.45, 2.75) is 6.54 Å². The Bertz CT molecular complexity index is 1230. The number of anilines is 2. The van der Waals surface area contributed by atoms with Gasteiger partial charge < -0.3 is 15.8 Å². The van der Waals surface area contributed by atoms with Crippen LogP contribution in [0.15, 0.2) is 60.2 Å². The topological polar surface area (TPSA) is 87.3 Å². The van der Waals surface area contributed by atoms with Gasteiger partial charge >= 0.3 is 0 Å². The normalized spacial score (nSPS) is 14.6. The van der Waals surface area contributed by atoms with E-state index in [1.54, 1.807) is 11.3 Å². The van der Waals surface area contributed by atoms with Gasteiger partial charge in [0.1, 0.15) is 6.54 Å². The minimum Gasteiger partial charge on any atom is -0.397 e. The highest BCUT2D eigenvalue weighted by Crippen LogP contribution is 2.30. The van der Waals surface area contributed by atoms with Crippen LogP contribution in [0, 0.1) is 0 Å². The molecule has 7 nitrogen and oxygen atoms in total. The Balaban J connectivity index is 1.30. The molecule has 0 unspecified atom stereocenters. The highest BCUT2D eigenvalue weighted by molar-refractivity contribution is 7.13. The first kappa shape index (κ1) is 20.7. The summed E-state index contributed by atoms with van der Waals surface area (Å²) in [6.07, 6.45) is 1.97. The molecule has 4 N–H and O–H groups in total. The van der Waals surface area contributed by atoms with Gasteiger partial charge in [-0.15, -0.1) is 11.3 Å². The third-order valence-corrected chi connectivity index (χ3v) is 6.73. The average molecular weight is 449 g/mol. The smallest absolute Gasteiger partial charge is 0.255 e. The number of imidazole rings is 1. The van der Waals surface area contributed by atoms with Gasteiger partial charge in [0, 0.05) is 36.1 Å². The molecule has 0 radical (unpaired) electrons. The predicted molar refractivity (Wildman–Crippen MR) is 128 cm³/mol. The van der Waals surface area contributed by atoms with Crippen molar-refractivity contribution in [3.05, 3.63) is 65.8 Å². The first-order valence-electron chi connectivity index (χ1n) is 10.7. The molecule has 32 heavy (non-hydrogen) atoms. The third kappa shape index (κ3) is 4.38. The number of carbonyl (C=O) groups is 1. The van der Waals surface area contributed by atoms with E-state index in [0.717, 1.165) is 60.9 Å². The molecule has 0 saturated carbocycles. The second-order valence-corrected chi connectivity index (χ2v) is 8.83. The van der Waals surface area contributed by atoms with E-state index in [1.807, 2.05) is 54.2 Å². The van der Waals surface area contributed by atoms with E-state index in [-0.39, 0.29) is 5.91 Å². The van der Waals surface area contributed by atoms with Crippen LogP contribution in [0.2, 0.25) is 0 Å². The molecule has 3 heterocycles. The maximum atomic E-state index is 12.9. The van der Waals surface area contributed by atoms with Crippen molar-refractivity contribution < 1.29 is 14.1 Å². The highest BCUT2D eigenvalue weighted by Gasteiger charge is 2.17. The van der Waals surface area contributed by atoms with Gasteiger partial charge in [-0.25, -0.2) is 9.55 Å². The number of thiophene rings is 1. The van der Waals surface area contributed by atoms with Gasteiger partial charge in [0.2, 0.25) is 6.33 Å². The Kier molecular flexibility index (Phi) is 5.89. The summed E-state index contributed by atoms with van der Waals surface area (Å²) >= 11 is 1.65. The molecule has 1 fully saturated rings. The summed E-state index contributed by atoms with van der Waals surface area (Å²) < 4.78 is 7.61. The van der Waals surface area contributed by atoms with Crippen molar-refractivity contribution in [3.63, 3.8) is 0 Å². The van der Waals surface area contributed by atoms with Crippen LogP contribution in [0.25, 0.3) is 21.5 Å². The van der Waals surface area contributed by atoms with E-state index in [4.69, 9.17) is 10.5 Å². The quantitative estimate of drug-likeness (QED) is 0.312. The molecule has 2 aromatic carbocycles. The number of nitrogen functional groups attached to an aromatic ring is 1. The summed E-state index contributed by atoms with van der Waals surface area (Å²) in [7, 11) is 0. The molecule has 0 bridgehead atoms. The lowest BCUT2D eigenvalue weighted by Gasteiger charge is -2.25. The van der Waals surface area contributed by atoms with Crippen molar-refractivity contribution >= 4 is 39.7 Å². The van der Waals surface area contributed by atoms with E-state index in [2.05, 4.69) is 25.8 Å². The molecule has 4 aromatic rings. The molecular formula is C24H26N5O2S+. The van der Waals surface area contributed by atoms with Crippen molar-refractivity contribution in [3.8, 4) is 10.4 Å². The van der Waals surface area contributed by atoms with Crippen LogP contribution in [-0.4, -0.2) is 48.6 Å². The summed E-state index contributed by atoms with van der Waals surface area (Å²) in [4.78, 5) is 19.8. The van der Waals surface area contributed by atoms with Crippen molar-refractivity contribution in [1.82, 2.24) is 9.88 Å². The third-order valence-electron chi connectivity index (χ3n) is 5.81. The van der Waals surface area contributed by atoms with E-state index in [1.165, 1.54) is 0 Å². The van der Waals surface area contributed by atoms with E-state index in [9.17, 15) is 4.79 Å².